The van der Waals surface area contributed by atoms with Crippen molar-refractivity contribution in [1.82, 2.24) is 0 Å². The van der Waals surface area contributed by atoms with E-state index in [0.29, 0.717) is 0 Å². The van der Waals surface area contributed by atoms with Gasteiger partial charge in [-0.1, -0.05) is 30.3 Å². The number of hydrogen-bond acceptors (Lipinski definition) is 0. The molecular weight excluding hydrogens is 256 g/mol. The fourth-order valence-corrected chi connectivity index (χ4v) is 2.14. The molecule has 0 bridgehead atoms. The van der Waals surface area contributed by atoms with Gasteiger partial charge in [-0.2, -0.15) is 3.69 Å². The van der Waals surface area contributed by atoms with Gasteiger partial charge < -0.3 is 0 Å². The van der Waals surface area contributed by atoms with Gasteiger partial charge >= 0.3 is 18.2 Å². The van der Waals surface area contributed by atoms with E-state index in [0.717, 1.165) is 0 Å². The van der Waals surface area contributed by atoms with Gasteiger partial charge in [0, 0.05) is 0 Å². The van der Waals surface area contributed by atoms with Gasteiger partial charge in [-0.05, 0) is 0 Å². The third-order valence-corrected chi connectivity index (χ3v) is 3.72. The van der Waals surface area contributed by atoms with E-state index in [1.54, 1.807) is 0 Å². The smallest absolute Gasteiger partial charge is 0.296 e. The van der Waals surface area contributed by atoms with Crippen molar-refractivity contribution in [2.24, 2.45) is 0 Å². The monoisotopic (exact) mass is 260 g/mol. The average molecular weight is 262 g/mol. The van der Waals surface area contributed by atoms with Crippen LogP contribution in [0.5, 0.6) is 0 Å². The van der Waals surface area contributed by atoms with E-state index in [1.165, 1.54) is 3.69 Å². The molecule has 0 spiro atoms. The second-order valence-corrected chi connectivity index (χ2v) is 4.39. The molecule has 0 saturated heterocycles. The summed E-state index contributed by atoms with van der Waals surface area (Å²) >= 11 is 3.40. The lowest BCUT2D eigenvalue weighted by molar-refractivity contribution is 1.77. The Morgan fingerprint density at radius 2 is 1.67 bits per heavy atom. The summed E-state index contributed by atoms with van der Waals surface area (Å²) in [6.07, 6.45) is 0. The Balaban J connectivity index is 0.000000640. The van der Waals surface area contributed by atoms with Crippen LogP contribution in [0.2, 0.25) is 0 Å². The van der Waals surface area contributed by atoms with Gasteiger partial charge in [0.05, 0.1) is 0 Å². The van der Waals surface area contributed by atoms with Gasteiger partial charge in [-0.15, -0.1) is 17.0 Å². The van der Waals surface area contributed by atoms with Crippen molar-refractivity contribution in [2.45, 2.75) is 0 Å². The minimum atomic E-state index is -0.0962. The number of halogens is 2. The van der Waals surface area contributed by atoms with E-state index < -0.39 is 0 Å². The van der Waals surface area contributed by atoms with Gasteiger partial charge in [0.1, 0.15) is 0 Å². The maximum absolute atomic E-state index is 3.50. The van der Waals surface area contributed by atoms with E-state index in [2.05, 4.69) is 37.1 Å². The molecule has 1 rings (SSSR count). The SMILES string of the molecule is Br.[Br][Mg][c]1ccccc1. The molecule has 1 aromatic carbocycles. The highest BCUT2D eigenvalue weighted by Gasteiger charge is 1.88. The van der Waals surface area contributed by atoms with Gasteiger partial charge in [0.25, 0.3) is 0 Å². The van der Waals surface area contributed by atoms with Crippen LogP contribution in [0.4, 0.5) is 0 Å². The van der Waals surface area contributed by atoms with Crippen LogP contribution in [0.3, 0.4) is 0 Å². The standard InChI is InChI=1S/C6H5.2BrH.Mg/c1-2-4-6-5-3-1;;;/h1-5H;2*1H;/q;;;+1/p-1. The van der Waals surface area contributed by atoms with E-state index in [-0.39, 0.29) is 35.2 Å². The second-order valence-electron chi connectivity index (χ2n) is 1.62. The third-order valence-electron chi connectivity index (χ3n) is 0.997. The summed E-state index contributed by atoms with van der Waals surface area (Å²) in [5, 5.41) is 0. The van der Waals surface area contributed by atoms with Crippen LogP contribution in [0, 0.1) is 0 Å². The Kier molecular flexibility index (Phi) is 6.31. The molecule has 0 nitrogen and oxygen atoms in total. The Morgan fingerprint density at radius 3 is 2.00 bits per heavy atom. The Morgan fingerprint density at radius 1 is 1.11 bits per heavy atom. The van der Waals surface area contributed by atoms with Gasteiger partial charge in [-0.3, -0.25) is 12.9 Å². The topological polar surface area (TPSA) is 0 Å². The Hall–Kier alpha value is 0.946. The quantitative estimate of drug-likeness (QED) is 0.678. The first-order valence-corrected chi connectivity index (χ1v) is 7.14. The fourth-order valence-electron chi connectivity index (χ4n) is 0.567. The summed E-state index contributed by atoms with van der Waals surface area (Å²) in [6.45, 7) is 0. The lowest BCUT2D eigenvalue weighted by atomic mass is 10.4. The summed E-state index contributed by atoms with van der Waals surface area (Å²) in [4.78, 5) is 0. The van der Waals surface area contributed by atoms with Crippen LogP contribution in [0.25, 0.3) is 0 Å². The fraction of sp³-hybridized carbons (Fsp3) is 0. The summed E-state index contributed by atoms with van der Waals surface area (Å²) in [7, 11) is 0. The molecule has 0 aliphatic heterocycles. The maximum Gasteiger partial charge on any atom is 0.506 e. The maximum atomic E-state index is 3.50. The highest BCUT2D eigenvalue weighted by atomic mass is 79.9. The van der Waals surface area contributed by atoms with E-state index >= 15 is 0 Å². The van der Waals surface area contributed by atoms with E-state index in [4.69, 9.17) is 0 Å². The number of hydrogen-bond donors (Lipinski definition) is 0. The largest absolute Gasteiger partial charge is 0.506 e. The molecule has 0 saturated carbocycles. The molecule has 0 aromatic heterocycles. The van der Waals surface area contributed by atoms with Crippen LogP contribution in [0.15, 0.2) is 30.3 Å². The van der Waals surface area contributed by atoms with Gasteiger partial charge in [-0.25, -0.2) is 0 Å². The van der Waals surface area contributed by atoms with Gasteiger partial charge in [0.2, 0.25) is 0 Å². The first-order chi connectivity index (χ1) is 3.93. The molecule has 0 heterocycles. The molecule has 3 heteroatoms. The zero-order chi connectivity index (χ0) is 5.82. The number of rotatable bonds is 1. The molecule has 0 aliphatic rings. The minimum absolute atomic E-state index is 0. The second kappa shape index (κ2) is 5.71. The molecule has 1 aromatic rings. The molecule has 46 valence electrons. The summed E-state index contributed by atoms with van der Waals surface area (Å²) < 4.78 is 1.47. The summed E-state index contributed by atoms with van der Waals surface area (Å²) in [5.74, 6) is 0. The van der Waals surface area contributed by atoms with E-state index in [9.17, 15) is 0 Å². The molecule has 0 aliphatic carbocycles. The molecule has 0 atom stereocenters. The Labute approximate surface area is 81.4 Å². The minimum Gasteiger partial charge on any atom is -0.296 e. The van der Waals surface area contributed by atoms with Crippen LogP contribution < -0.4 is 3.69 Å². The highest BCUT2D eigenvalue weighted by molar-refractivity contribution is 9.23. The highest BCUT2D eigenvalue weighted by Crippen LogP contribution is 1.82. The molecule has 0 unspecified atom stereocenters. The normalized spacial score (nSPS) is 7.22. The predicted octanol–water partition coefficient (Wildman–Crippen LogP) is 1.90. The molecular formula is C6H6Br2Mg. The van der Waals surface area contributed by atoms with E-state index in [1.807, 2.05) is 6.07 Å². The third kappa shape index (κ3) is 3.60. The molecule has 0 N–H and O–H groups in total. The first-order valence-electron chi connectivity index (χ1n) is 2.53. The van der Waals surface area contributed by atoms with Crippen molar-refractivity contribution in [3.63, 3.8) is 0 Å². The molecule has 0 fully saturated rings. The predicted molar refractivity (Wildman–Crippen MR) is 51.1 cm³/mol. The van der Waals surface area contributed by atoms with Crippen molar-refractivity contribution < 1.29 is 0 Å². The lowest BCUT2D eigenvalue weighted by Gasteiger charge is -1.87. The van der Waals surface area contributed by atoms with Crippen molar-refractivity contribution in [2.75, 3.05) is 0 Å². The average Bonchev–Trinajstić information content (AvgIpc) is 1.90. The molecule has 0 amide bonds. The van der Waals surface area contributed by atoms with Crippen LogP contribution in [-0.4, -0.2) is 18.2 Å². The first kappa shape index (κ1) is 9.95. The van der Waals surface area contributed by atoms with Crippen molar-refractivity contribution >= 4 is 51.8 Å². The lowest BCUT2D eigenvalue weighted by Crippen LogP contribution is -2.05. The summed E-state index contributed by atoms with van der Waals surface area (Å²) in [6, 6.07) is 10.5. The van der Waals surface area contributed by atoms with Crippen LogP contribution >= 0.6 is 29.9 Å². The zero-order valence-electron chi connectivity index (χ0n) is 4.88. The zero-order valence-corrected chi connectivity index (χ0v) is 9.59. The van der Waals surface area contributed by atoms with Crippen molar-refractivity contribution in [3.8, 4) is 0 Å². The number of benzene rings is 1. The van der Waals surface area contributed by atoms with Crippen molar-refractivity contribution in [3.05, 3.63) is 30.3 Å². The van der Waals surface area contributed by atoms with Crippen LogP contribution in [0.1, 0.15) is 0 Å². The molecule has 0 radical (unpaired) electrons. The van der Waals surface area contributed by atoms with Crippen LogP contribution in [-0.2, 0) is 0 Å². The Bertz CT molecular complexity index is 152. The van der Waals surface area contributed by atoms with Gasteiger partial charge in [0.15, 0.2) is 0 Å². The summed E-state index contributed by atoms with van der Waals surface area (Å²) in [5.41, 5.74) is 0. The van der Waals surface area contributed by atoms with Crippen molar-refractivity contribution in [1.29, 1.82) is 0 Å². The molecule has 9 heavy (non-hydrogen) atoms.